The van der Waals surface area contributed by atoms with Gasteiger partial charge in [-0.1, -0.05) is 17.7 Å². The summed E-state index contributed by atoms with van der Waals surface area (Å²) in [5, 5.41) is 0.275. The lowest BCUT2D eigenvalue weighted by atomic mass is 10.3. The van der Waals surface area contributed by atoms with E-state index in [4.69, 9.17) is 22.1 Å². The molecular weight excluding hydrogens is 264 g/mol. The van der Waals surface area contributed by atoms with E-state index in [2.05, 4.69) is 4.40 Å². The van der Waals surface area contributed by atoms with Crippen LogP contribution in [0.15, 0.2) is 39.3 Å². The number of hydrogen-bond acceptors (Lipinski definition) is 4. The van der Waals surface area contributed by atoms with Crippen molar-refractivity contribution in [3.63, 3.8) is 0 Å². The van der Waals surface area contributed by atoms with Crippen LogP contribution in [0.2, 0.25) is 5.02 Å². The molecule has 5 nitrogen and oxygen atoms in total. The predicted molar refractivity (Wildman–Crippen MR) is 65.6 cm³/mol. The Labute approximate surface area is 104 Å². The fourth-order valence-electron chi connectivity index (χ4n) is 1.25. The van der Waals surface area contributed by atoms with Gasteiger partial charge in [0.05, 0.1) is 6.21 Å². The minimum atomic E-state index is -3.67. The Morgan fingerprint density at radius 1 is 1.41 bits per heavy atom. The van der Waals surface area contributed by atoms with Crippen LogP contribution < -0.4 is 10.5 Å². The van der Waals surface area contributed by atoms with Gasteiger partial charge in [-0.15, -0.1) is 0 Å². The van der Waals surface area contributed by atoms with Gasteiger partial charge in [0, 0.05) is 10.6 Å². The summed E-state index contributed by atoms with van der Waals surface area (Å²) in [6, 6.07) is 6.78. The van der Waals surface area contributed by atoms with Gasteiger partial charge in [0.15, 0.2) is 5.03 Å². The number of rotatable bonds is 3. The summed E-state index contributed by atoms with van der Waals surface area (Å²) < 4.78 is 31.0. The van der Waals surface area contributed by atoms with Gasteiger partial charge in [0.2, 0.25) is 0 Å². The minimum absolute atomic E-state index is 0.0366. The maximum absolute atomic E-state index is 11.2. The maximum atomic E-state index is 11.2. The molecule has 2 N–H and O–H groups in total. The summed E-state index contributed by atoms with van der Waals surface area (Å²) in [7, 11) is -3.67. The maximum Gasteiger partial charge on any atom is 0.297 e. The molecule has 0 aromatic heterocycles. The molecule has 2 rings (SSSR count). The zero-order chi connectivity index (χ0) is 12.5. The third kappa shape index (κ3) is 2.59. The van der Waals surface area contributed by atoms with Gasteiger partial charge >= 0.3 is 0 Å². The Balaban J connectivity index is 2.10. The number of hydrogen-bond donors (Lipinski definition) is 1. The van der Waals surface area contributed by atoms with Crippen LogP contribution in [0.1, 0.15) is 0 Å². The molecule has 1 aromatic carbocycles. The Kier molecular flexibility index (Phi) is 3.08. The zero-order valence-corrected chi connectivity index (χ0v) is 10.2. The topological polar surface area (TPSA) is 81.8 Å². The monoisotopic (exact) mass is 272 g/mol. The molecule has 0 saturated heterocycles. The summed E-state index contributed by atoms with van der Waals surface area (Å²) in [5.41, 5.74) is 5.75. The predicted octanol–water partition coefficient (Wildman–Crippen LogP) is 1.30. The molecule has 0 amide bonds. The molecule has 17 heavy (non-hydrogen) atoms. The van der Waals surface area contributed by atoms with Gasteiger partial charge in [-0.25, -0.2) is 0 Å². The number of sulfonamides is 1. The van der Waals surface area contributed by atoms with Crippen molar-refractivity contribution in [3.05, 3.63) is 39.9 Å². The van der Waals surface area contributed by atoms with Crippen LogP contribution >= 0.6 is 11.6 Å². The van der Waals surface area contributed by atoms with Gasteiger partial charge in [-0.05, 0) is 18.2 Å². The van der Waals surface area contributed by atoms with E-state index in [1.165, 1.54) is 6.21 Å². The lowest BCUT2D eigenvalue weighted by Gasteiger charge is -2.05. The SMILES string of the molecule is NC1=C(COc2cccc(Cl)c2)C=NS1(=O)=O. The summed E-state index contributed by atoms with van der Waals surface area (Å²) >= 11 is 5.78. The van der Waals surface area contributed by atoms with Crippen LogP contribution in [0, 0.1) is 0 Å². The van der Waals surface area contributed by atoms with Gasteiger partial charge in [0.1, 0.15) is 12.4 Å². The fourth-order valence-corrected chi connectivity index (χ4v) is 2.25. The third-order valence-corrected chi connectivity index (χ3v) is 3.57. The van der Waals surface area contributed by atoms with Crippen molar-refractivity contribution in [1.29, 1.82) is 0 Å². The first-order valence-corrected chi connectivity index (χ1v) is 6.48. The molecule has 0 radical (unpaired) electrons. The van der Waals surface area contributed by atoms with Gasteiger partial charge < -0.3 is 10.5 Å². The van der Waals surface area contributed by atoms with Crippen molar-refractivity contribution < 1.29 is 13.2 Å². The van der Waals surface area contributed by atoms with E-state index in [1.807, 2.05) is 0 Å². The Morgan fingerprint density at radius 3 is 2.76 bits per heavy atom. The van der Waals surface area contributed by atoms with Crippen molar-refractivity contribution in [2.45, 2.75) is 0 Å². The van der Waals surface area contributed by atoms with Crippen molar-refractivity contribution in [3.8, 4) is 5.75 Å². The Bertz CT molecular complexity index is 608. The molecule has 0 bridgehead atoms. The highest BCUT2D eigenvalue weighted by Gasteiger charge is 2.22. The van der Waals surface area contributed by atoms with Crippen molar-refractivity contribution in [2.24, 2.45) is 10.1 Å². The molecule has 1 aliphatic heterocycles. The fraction of sp³-hybridized carbons (Fsp3) is 0.100. The highest BCUT2D eigenvalue weighted by molar-refractivity contribution is 7.94. The summed E-state index contributed by atoms with van der Waals surface area (Å²) in [6.45, 7) is 0.0366. The van der Waals surface area contributed by atoms with E-state index in [0.717, 1.165) is 0 Å². The second-order valence-electron chi connectivity index (χ2n) is 3.35. The molecule has 1 aromatic rings. The smallest absolute Gasteiger partial charge is 0.297 e. The number of benzene rings is 1. The molecule has 0 spiro atoms. The molecule has 0 unspecified atom stereocenters. The Morgan fingerprint density at radius 2 is 2.18 bits per heavy atom. The molecule has 0 aliphatic carbocycles. The van der Waals surface area contributed by atoms with Gasteiger partial charge in [0.25, 0.3) is 10.0 Å². The summed E-state index contributed by atoms with van der Waals surface area (Å²) in [5.74, 6) is 0.537. The van der Waals surface area contributed by atoms with Gasteiger partial charge in [-0.2, -0.15) is 12.8 Å². The number of halogens is 1. The van der Waals surface area contributed by atoms with E-state index in [1.54, 1.807) is 24.3 Å². The normalized spacial score (nSPS) is 17.5. The molecule has 90 valence electrons. The van der Waals surface area contributed by atoms with E-state index < -0.39 is 10.0 Å². The highest BCUT2D eigenvalue weighted by Crippen LogP contribution is 2.19. The second kappa shape index (κ2) is 4.38. The summed E-state index contributed by atoms with van der Waals surface area (Å²) in [6.07, 6.45) is 1.19. The van der Waals surface area contributed by atoms with Gasteiger partial charge in [-0.3, -0.25) is 0 Å². The lowest BCUT2D eigenvalue weighted by molar-refractivity contribution is 0.357. The first-order valence-electron chi connectivity index (χ1n) is 4.66. The van der Waals surface area contributed by atoms with Crippen molar-refractivity contribution in [1.82, 2.24) is 0 Å². The van der Waals surface area contributed by atoms with E-state index in [-0.39, 0.29) is 11.6 Å². The van der Waals surface area contributed by atoms with Crippen molar-refractivity contribution >= 4 is 27.8 Å². The largest absolute Gasteiger partial charge is 0.489 e. The number of ether oxygens (including phenoxy) is 1. The van der Waals surface area contributed by atoms with Crippen LogP contribution in [0.4, 0.5) is 0 Å². The van der Waals surface area contributed by atoms with Crippen LogP contribution in [-0.4, -0.2) is 21.2 Å². The standard InChI is InChI=1S/C10H9ClN2O3S/c11-8-2-1-3-9(4-8)16-6-7-5-13-17(14,15)10(7)12/h1-5H,6,12H2. The van der Waals surface area contributed by atoms with Crippen LogP contribution in [-0.2, 0) is 10.0 Å². The molecule has 0 atom stereocenters. The number of nitrogens with two attached hydrogens (primary N) is 1. The third-order valence-electron chi connectivity index (χ3n) is 2.13. The molecule has 0 fully saturated rings. The molecule has 0 saturated carbocycles. The quantitative estimate of drug-likeness (QED) is 0.899. The average Bonchev–Trinajstić information content (AvgIpc) is 2.52. The number of nitrogens with zero attached hydrogens (tertiary/aromatic N) is 1. The van der Waals surface area contributed by atoms with Crippen LogP contribution in [0.5, 0.6) is 5.75 Å². The summed E-state index contributed by atoms with van der Waals surface area (Å²) in [4.78, 5) is 0. The highest BCUT2D eigenvalue weighted by atomic mass is 35.5. The lowest BCUT2D eigenvalue weighted by Crippen LogP contribution is -2.11. The molecule has 7 heteroatoms. The minimum Gasteiger partial charge on any atom is -0.489 e. The molecular formula is C10H9ClN2O3S. The molecule has 1 heterocycles. The zero-order valence-electron chi connectivity index (χ0n) is 8.63. The van der Waals surface area contributed by atoms with E-state index in [0.29, 0.717) is 16.3 Å². The average molecular weight is 273 g/mol. The first kappa shape index (κ1) is 11.9. The van der Waals surface area contributed by atoms with E-state index >= 15 is 0 Å². The van der Waals surface area contributed by atoms with Crippen LogP contribution in [0.3, 0.4) is 0 Å². The first-order chi connectivity index (χ1) is 7.99. The van der Waals surface area contributed by atoms with E-state index in [9.17, 15) is 8.42 Å². The van der Waals surface area contributed by atoms with Crippen molar-refractivity contribution in [2.75, 3.05) is 6.61 Å². The second-order valence-corrected chi connectivity index (χ2v) is 5.38. The Hall–Kier alpha value is -1.53. The van der Waals surface area contributed by atoms with Crippen LogP contribution in [0.25, 0.3) is 0 Å². The molecule has 1 aliphatic rings.